The van der Waals surface area contributed by atoms with Crippen LogP contribution in [-0.4, -0.2) is 22.8 Å². The quantitative estimate of drug-likeness (QED) is 0.736. The summed E-state index contributed by atoms with van der Waals surface area (Å²) < 4.78 is 13.0. The van der Waals surface area contributed by atoms with E-state index in [2.05, 4.69) is 0 Å². The number of carbonyl (C=O) groups is 1. The van der Waals surface area contributed by atoms with E-state index in [4.69, 9.17) is 10.2 Å². The minimum absolute atomic E-state index is 0.0116. The molecule has 0 aromatic heterocycles. The first-order chi connectivity index (χ1) is 6.16. The molecule has 0 radical (unpaired) electrons. The molecule has 0 heterocycles. The second-order valence-electron chi connectivity index (χ2n) is 2.59. The predicted octanol–water partition coefficient (Wildman–Crippen LogP) is 0.986. The second-order valence-corrected chi connectivity index (χ2v) is 2.59. The van der Waals surface area contributed by atoms with Gasteiger partial charge in [0.2, 0.25) is 0 Å². The molecule has 0 amide bonds. The van der Waals surface area contributed by atoms with Crippen LogP contribution in [0.1, 0.15) is 11.5 Å². The molecule has 70 valence electrons. The van der Waals surface area contributed by atoms with Crippen LogP contribution in [0.3, 0.4) is 0 Å². The van der Waals surface area contributed by atoms with Crippen molar-refractivity contribution in [2.45, 2.75) is 5.92 Å². The van der Waals surface area contributed by atoms with E-state index in [1.165, 1.54) is 24.3 Å². The van der Waals surface area contributed by atoms with Crippen molar-refractivity contribution < 1.29 is 19.4 Å². The van der Waals surface area contributed by atoms with Crippen molar-refractivity contribution in [2.75, 3.05) is 6.61 Å². The molecule has 4 heteroatoms. The lowest BCUT2D eigenvalue weighted by molar-refractivity contribution is -0.139. The third-order valence-electron chi connectivity index (χ3n) is 1.76. The van der Waals surface area contributed by atoms with Gasteiger partial charge in [-0.1, -0.05) is 18.2 Å². The number of hydrogen-bond donors (Lipinski definition) is 2. The van der Waals surface area contributed by atoms with Crippen molar-refractivity contribution in [1.82, 2.24) is 0 Å². The van der Waals surface area contributed by atoms with E-state index in [9.17, 15) is 9.18 Å². The molecular formula is C9H9FO3. The van der Waals surface area contributed by atoms with Gasteiger partial charge >= 0.3 is 5.97 Å². The number of halogens is 1. The largest absolute Gasteiger partial charge is 0.481 e. The Morgan fingerprint density at radius 2 is 2.08 bits per heavy atom. The molecule has 1 aromatic rings. The summed E-state index contributed by atoms with van der Waals surface area (Å²) in [5, 5.41) is 17.4. The van der Waals surface area contributed by atoms with E-state index >= 15 is 0 Å². The average molecular weight is 184 g/mol. The molecule has 0 saturated heterocycles. The topological polar surface area (TPSA) is 57.5 Å². The van der Waals surface area contributed by atoms with Crippen molar-refractivity contribution in [3.63, 3.8) is 0 Å². The standard InChI is InChI=1S/C9H9FO3/c10-8-4-2-1-3-6(8)7(5-11)9(12)13/h1-4,7,11H,5H2,(H,12,13). The third kappa shape index (κ3) is 2.03. The smallest absolute Gasteiger partial charge is 0.313 e. The number of rotatable bonds is 3. The minimum Gasteiger partial charge on any atom is -0.481 e. The summed E-state index contributed by atoms with van der Waals surface area (Å²) in [4.78, 5) is 10.6. The van der Waals surface area contributed by atoms with Crippen molar-refractivity contribution in [1.29, 1.82) is 0 Å². The van der Waals surface area contributed by atoms with Gasteiger partial charge in [-0.15, -0.1) is 0 Å². The van der Waals surface area contributed by atoms with E-state index in [0.717, 1.165) is 0 Å². The predicted molar refractivity (Wildman–Crippen MR) is 43.9 cm³/mol. The van der Waals surface area contributed by atoms with Crippen molar-refractivity contribution in [3.05, 3.63) is 35.6 Å². The van der Waals surface area contributed by atoms with Gasteiger partial charge in [0.15, 0.2) is 0 Å². The number of benzene rings is 1. The zero-order valence-electron chi connectivity index (χ0n) is 6.77. The van der Waals surface area contributed by atoms with E-state index in [1.807, 2.05) is 0 Å². The van der Waals surface area contributed by atoms with E-state index in [1.54, 1.807) is 0 Å². The van der Waals surface area contributed by atoms with Gasteiger partial charge in [-0.25, -0.2) is 4.39 Å². The van der Waals surface area contributed by atoms with Crippen LogP contribution < -0.4 is 0 Å². The van der Waals surface area contributed by atoms with Gasteiger partial charge in [0.05, 0.1) is 6.61 Å². The summed E-state index contributed by atoms with van der Waals surface area (Å²) in [6, 6.07) is 5.52. The Labute approximate surface area is 74.4 Å². The lowest BCUT2D eigenvalue weighted by atomic mass is 10.00. The Kier molecular flexibility index (Phi) is 2.97. The molecule has 1 aromatic carbocycles. The van der Waals surface area contributed by atoms with Crippen LogP contribution in [0.2, 0.25) is 0 Å². The Morgan fingerprint density at radius 3 is 2.54 bits per heavy atom. The van der Waals surface area contributed by atoms with Crippen LogP contribution in [-0.2, 0) is 4.79 Å². The molecule has 0 saturated carbocycles. The summed E-state index contributed by atoms with van der Waals surface area (Å²) in [5.41, 5.74) is 0.0116. The number of aliphatic hydroxyl groups excluding tert-OH is 1. The second kappa shape index (κ2) is 4.00. The van der Waals surface area contributed by atoms with Crippen molar-refractivity contribution in [3.8, 4) is 0 Å². The summed E-state index contributed by atoms with van der Waals surface area (Å²) in [7, 11) is 0. The maximum atomic E-state index is 13.0. The van der Waals surface area contributed by atoms with Gasteiger partial charge < -0.3 is 10.2 Å². The average Bonchev–Trinajstić information content (AvgIpc) is 2.09. The maximum absolute atomic E-state index is 13.0. The highest BCUT2D eigenvalue weighted by atomic mass is 19.1. The molecule has 13 heavy (non-hydrogen) atoms. The SMILES string of the molecule is O=C(O)C(CO)c1ccccc1F. The number of aliphatic hydroxyl groups is 1. The Balaban J connectivity index is 3.04. The first-order valence-electron chi connectivity index (χ1n) is 3.75. The van der Waals surface area contributed by atoms with Crippen LogP contribution >= 0.6 is 0 Å². The molecule has 0 aliphatic carbocycles. The fourth-order valence-electron chi connectivity index (χ4n) is 1.07. The van der Waals surface area contributed by atoms with Crippen LogP contribution in [0.15, 0.2) is 24.3 Å². The molecular weight excluding hydrogens is 175 g/mol. The fourth-order valence-corrected chi connectivity index (χ4v) is 1.07. The first kappa shape index (κ1) is 9.67. The summed E-state index contributed by atoms with van der Waals surface area (Å²) in [6.07, 6.45) is 0. The van der Waals surface area contributed by atoms with E-state index in [-0.39, 0.29) is 5.56 Å². The molecule has 0 aliphatic heterocycles. The fraction of sp³-hybridized carbons (Fsp3) is 0.222. The highest BCUT2D eigenvalue weighted by Gasteiger charge is 2.21. The molecule has 0 spiro atoms. The monoisotopic (exact) mass is 184 g/mol. The highest BCUT2D eigenvalue weighted by molar-refractivity contribution is 5.76. The minimum atomic E-state index is -1.23. The van der Waals surface area contributed by atoms with Crippen LogP contribution in [0.5, 0.6) is 0 Å². The number of aliphatic carboxylic acids is 1. The number of hydrogen-bond acceptors (Lipinski definition) is 2. The first-order valence-corrected chi connectivity index (χ1v) is 3.75. The van der Waals surface area contributed by atoms with Gasteiger partial charge in [-0.05, 0) is 6.07 Å². The van der Waals surface area contributed by atoms with Gasteiger partial charge in [0.1, 0.15) is 11.7 Å². The molecule has 0 bridgehead atoms. The molecule has 1 unspecified atom stereocenters. The maximum Gasteiger partial charge on any atom is 0.313 e. The lowest BCUT2D eigenvalue weighted by Gasteiger charge is -2.09. The van der Waals surface area contributed by atoms with Crippen LogP contribution in [0, 0.1) is 5.82 Å². The molecule has 3 nitrogen and oxygen atoms in total. The zero-order chi connectivity index (χ0) is 9.84. The van der Waals surface area contributed by atoms with E-state index in [0.29, 0.717) is 0 Å². The van der Waals surface area contributed by atoms with E-state index < -0.39 is 24.3 Å². The summed E-state index contributed by atoms with van der Waals surface area (Å²) >= 11 is 0. The Hall–Kier alpha value is -1.42. The van der Waals surface area contributed by atoms with Gasteiger partial charge in [0, 0.05) is 5.56 Å². The lowest BCUT2D eigenvalue weighted by Crippen LogP contribution is -2.16. The Morgan fingerprint density at radius 1 is 1.46 bits per heavy atom. The van der Waals surface area contributed by atoms with Crippen molar-refractivity contribution >= 4 is 5.97 Å². The van der Waals surface area contributed by atoms with Crippen LogP contribution in [0.25, 0.3) is 0 Å². The van der Waals surface area contributed by atoms with Crippen molar-refractivity contribution in [2.24, 2.45) is 0 Å². The number of carboxylic acids is 1. The molecule has 1 atom stereocenters. The van der Waals surface area contributed by atoms with Gasteiger partial charge in [0.25, 0.3) is 0 Å². The molecule has 1 rings (SSSR count). The van der Waals surface area contributed by atoms with Gasteiger partial charge in [-0.3, -0.25) is 4.79 Å². The molecule has 0 aliphatic rings. The zero-order valence-corrected chi connectivity index (χ0v) is 6.77. The van der Waals surface area contributed by atoms with Crippen LogP contribution in [0.4, 0.5) is 4.39 Å². The third-order valence-corrected chi connectivity index (χ3v) is 1.76. The molecule has 0 fully saturated rings. The Bertz CT molecular complexity index is 311. The summed E-state index contributed by atoms with van der Waals surface area (Å²) in [5.74, 6) is -3.02. The highest BCUT2D eigenvalue weighted by Crippen LogP contribution is 2.18. The normalized spacial score (nSPS) is 12.5. The van der Waals surface area contributed by atoms with Gasteiger partial charge in [-0.2, -0.15) is 0 Å². The number of carboxylic acid groups (broad SMARTS) is 1. The summed E-state index contributed by atoms with van der Waals surface area (Å²) in [6.45, 7) is -0.601. The molecule has 2 N–H and O–H groups in total.